The van der Waals surface area contributed by atoms with Crippen molar-refractivity contribution in [3.8, 4) is 5.75 Å². The van der Waals surface area contributed by atoms with E-state index in [0.717, 1.165) is 36.2 Å². The fourth-order valence-electron chi connectivity index (χ4n) is 4.57. The van der Waals surface area contributed by atoms with E-state index in [1.807, 2.05) is 66.7 Å². The molecule has 1 heterocycles. The minimum Gasteiger partial charge on any atom is -0.488 e. The van der Waals surface area contributed by atoms with E-state index in [-0.39, 0.29) is 6.10 Å². The van der Waals surface area contributed by atoms with Gasteiger partial charge in [-0.3, -0.25) is 0 Å². The third kappa shape index (κ3) is 5.44. The van der Waals surface area contributed by atoms with E-state index in [4.69, 9.17) is 9.47 Å². The number of likely N-dealkylation sites (N-methyl/N-ethyl adjacent to an activating group) is 1. The van der Waals surface area contributed by atoms with Crippen LogP contribution in [0.15, 0.2) is 91.0 Å². The summed E-state index contributed by atoms with van der Waals surface area (Å²) in [4.78, 5) is 13.4. The Morgan fingerprint density at radius 2 is 1.48 bits per heavy atom. The summed E-state index contributed by atoms with van der Waals surface area (Å²) in [5, 5.41) is 11.7. The van der Waals surface area contributed by atoms with Gasteiger partial charge in [0.25, 0.3) is 0 Å². The van der Waals surface area contributed by atoms with Crippen LogP contribution in [0.2, 0.25) is 0 Å². The van der Waals surface area contributed by atoms with Gasteiger partial charge in [-0.15, -0.1) is 0 Å². The van der Waals surface area contributed by atoms with Crippen LogP contribution in [0.5, 0.6) is 5.75 Å². The molecule has 3 aromatic rings. The smallest absolute Gasteiger partial charge is 0.348 e. The third-order valence-electron chi connectivity index (χ3n) is 6.46. The minimum atomic E-state index is -1.85. The molecule has 1 fully saturated rings. The van der Waals surface area contributed by atoms with Crippen LogP contribution in [0.25, 0.3) is 0 Å². The molecular formula is C28H32NO4+. The van der Waals surface area contributed by atoms with E-state index in [1.165, 1.54) is 0 Å². The van der Waals surface area contributed by atoms with E-state index >= 15 is 0 Å². The van der Waals surface area contributed by atoms with Crippen molar-refractivity contribution in [2.24, 2.45) is 0 Å². The number of carbonyl (C=O) groups is 1. The van der Waals surface area contributed by atoms with Gasteiger partial charge < -0.3 is 19.1 Å². The first-order valence-electron chi connectivity index (χ1n) is 11.6. The van der Waals surface area contributed by atoms with Gasteiger partial charge >= 0.3 is 5.97 Å². The standard InChI is InChI=1S/C28H32NO4/c1-29(20-21-32-25-16-9-4-10-17-25)19-11-18-26(22-29)33-27(30)28(31,23-12-5-2-6-13-23)24-14-7-3-8-15-24/h2-10,12-17,26,31H,11,18-22H2,1H3/q+1/t26-,29+/m1/s1. The maximum Gasteiger partial charge on any atom is 0.348 e. The summed E-state index contributed by atoms with van der Waals surface area (Å²) in [6, 6.07) is 27.8. The van der Waals surface area contributed by atoms with Gasteiger partial charge in [-0.2, -0.15) is 0 Å². The zero-order valence-electron chi connectivity index (χ0n) is 19.1. The Bertz CT molecular complexity index is 986. The second kappa shape index (κ2) is 10.2. The summed E-state index contributed by atoms with van der Waals surface area (Å²) in [5.41, 5.74) is -0.837. The molecule has 5 heteroatoms. The molecule has 5 nitrogen and oxygen atoms in total. The topological polar surface area (TPSA) is 55.8 Å². The Morgan fingerprint density at radius 3 is 2.06 bits per heavy atom. The monoisotopic (exact) mass is 446 g/mol. The van der Waals surface area contributed by atoms with E-state index in [1.54, 1.807) is 24.3 Å². The number of esters is 1. The molecule has 3 aromatic carbocycles. The third-order valence-corrected chi connectivity index (χ3v) is 6.46. The number of hydrogen-bond acceptors (Lipinski definition) is 4. The van der Waals surface area contributed by atoms with Crippen molar-refractivity contribution >= 4 is 5.97 Å². The Kier molecular flexibility index (Phi) is 7.11. The van der Waals surface area contributed by atoms with Crippen molar-refractivity contribution in [1.82, 2.24) is 0 Å². The quantitative estimate of drug-likeness (QED) is 0.417. The van der Waals surface area contributed by atoms with Crippen LogP contribution in [0.3, 0.4) is 0 Å². The van der Waals surface area contributed by atoms with Gasteiger partial charge in [0.2, 0.25) is 5.60 Å². The molecule has 0 bridgehead atoms. The first-order chi connectivity index (χ1) is 16.0. The summed E-state index contributed by atoms with van der Waals surface area (Å²) in [6.07, 6.45) is 1.49. The van der Waals surface area contributed by atoms with Crippen LogP contribution in [-0.2, 0) is 15.1 Å². The average molecular weight is 447 g/mol. The second-order valence-electron chi connectivity index (χ2n) is 9.02. The molecule has 1 saturated heterocycles. The van der Waals surface area contributed by atoms with E-state index in [9.17, 15) is 9.90 Å². The molecule has 0 spiro atoms. The minimum absolute atomic E-state index is 0.257. The van der Waals surface area contributed by atoms with Crippen LogP contribution >= 0.6 is 0 Å². The summed E-state index contributed by atoms with van der Waals surface area (Å²) < 4.78 is 12.6. The van der Waals surface area contributed by atoms with Crippen molar-refractivity contribution in [1.29, 1.82) is 0 Å². The number of benzene rings is 3. The summed E-state index contributed by atoms with van der Waals surface area (Å²) in [6.45, 7) is 3.13. The molecule has 1 aliphatic heterocycles. The van der Waals surface area contributed by atoms with Gasteiger partial charge in [-0.05, 0) is 29.7 Å². The first-order valence-corrected chi connectivity index (χ1v) is 11.6. The molecular weight excluding hydrogens is 414 g/mol. The fourth-order valence-corrected chi connectivity index (χ4v) is 4.57. The van der Waals surface area contributed by atoms with E-state index < -0.39 is 11.6 Å². The zero-order chi connectivity index (χ0) is 23.2. The van der Waals surface area contributed by atoms with Gasteiger partial charge in [0, 0.05) is 6.42 Å². The molecule has 0 saturated carbocycles. The van der Waals surface area contributed by atoms with Crippen molar-refractivity contribution in [2.75, 3.05) is 33.3 Å². The van der Waals surface area contributed by atoms with Crippen molar-refractivity contribution in [3.05, 3.63) is 102 Å². The van der Waals surface area contributed by atoms with Crippen LogP contribution < -0.4 is 4.74 Å². The number of piperidine rings is 1. The van der Waals surface area contributed by atoms with Gasteiger partial charge in [-0.1, -0.05) is 78.9 Å². The Balaban J connectivity index is 1.44. The highest BCUT2D eigenvalue weighted by Gasteiger charge is 2.44. The number of quaternary nitrogens is 1. The number of carbonyl (C=O) groups excluding carboxylic acids is 1. The first kappa shape index (κ1) is 23.0. The highest BCUT2D eigenvalue weighted by Crippen LogP contribution is 2.32. The zero-order valence-corrected chi connectivity index (χ0v) is 19.1. The fraction of sp³-hybridized carbons (Fsp3) is 0.321. The van der Waals surface area contributed by atoms with Crippen molar-refractivity contribution in [2.45, 2.75) is 24.5 Å². The summed E-state index contributed by atoms with van der Waals surface area (Å²) in [5.74, 6) is 0.235. The molecule has 1 N–H and O–H groups in total. The predicted octanol–water partition coefficient (Wildman–Crippen LogP) is 4.15. The molecule has 33 heavy (non-hydrogen) atoms. The van der Waals surface area contributed by atoms with Gasteiger partial charge in [0.1, 0.15) is 25.4 Å². The van der Waals surface area contributed by atoms with Crippen molar-refractivity contribution in [3.63, 3.8) is 0 Å². The molecule has 0 amide bonds. The van der Waals surface area contributed by atoms with Crippen LogP contribution in [0.4, 0.5) is 0 Å². The number of likely N-dealkylation sites (tertiary alicyclic amines) is 1. The summed E-state index contributed by atoms with van der Waals surface area (Å²) in [7, 11) is 2.18. The van der Waals surface area contributed by atoms with Crippen LogP contribution in [0, 0.1) is 0 Å². The molecule has 0 radical (unpaired) electrons. The maximum atomic E-state index is 13.4. The Morgan fingerprint density at radius 1 is 0.939 bits per heavy atom. The lowest BCUT2D eigenvalue weighted by Crippen LogP contribution is -2.56. The normalized spacial score (nSPS) is 20.7. The predicted molar refractivity (Wildman–Crippen MR) is 128 cm³/mol. The largest absolute Gasteiger partial charge is 0.488 e. The number of ether oxygens (including phenoxy) is 2. The lowest BCUT2D eigenvalue weighted by Gasteiger charge is -2.41. The number of para-hydroxylation sites is 1. The highest BCUT2D eigenvalue weighted by molar-refractivity contribution is 5.85. The maximum absolute atomic E-state index is 13.4. The molecule has 2 atom stereocenters. The van der Waals surface area contributed by atoms with Crippen LogP contribution in [0.1, 0.15) is 24.0 Å². The number of aliphatic hydroxyl groups is 1. The van der Waals surface area contributed by atoms with Gasteiger partial charge in [-0.25, -0.2) is 4.79 Å². The second-order valence-corrected chi connectivity index (χ2v) is 9.02. The van der Waals surface area contributed by atoms with Gasteiger partial charge in [0.15, 0.2) is 6.10 Å². The SMILES string of the molecule is C[N@@+]1(CCOc2ccccc2)CCC[C@@H](OC(=O)C(O)(c2ccccc2)c2ccccc2)C1. The molecule has 172 valence electrons. The number of nitrogens with zero attached hydrogens (tertiary/aromatic N) is 1. The molecule has 0 unspecified atom stereocenters. The van der Waals surface area contributed by atoms with Crippen molar-refractivity contribution < 1.29 is 23.9 Å². The number of rotatable bonds is 8. The van der Waals surface area contributed by atoms with Gasteiger partial charge in [0.05, 0.1) is 13.6 Å². The molecule has 0 aliphatic carbocycles. The molecule has 4 rings (SSSR count). The average Bonchev–Trinajstić information content (AvgIpc) is 2.85. The van der Waals surface area contributed by atoms with E-state index in [0.29, 0.717) is 24.3 Å². The summed E-state index contributed by atoms with van der Waals surface area (Å²) >= 11 is 0. The lowest BCUT2D eigenvalue weighted by molar-refractivity contribution is -0.917. The molecule has 0 aromatic heterocycles. The van der Waals surface area contributed by atoms with Crippen LogP contribution in [-0.4, -0.2) is 55.0 Å². The Labute approximate surface area is 195 Å². The molecule has 1 aliphatic rings. The number of hydrogen-bond donors (Lipinski definition) is 1. The van der Waals surface area contributed by atoms with E-state index in [2.05, 4.69) is 7.05 Å². The Hall–Kier alpha value is -3.15. The highest BCUT2D eigenvalue weighted by atomic mass is 16.6. The lowest BCUT2D eigenvalue weighted by atomic mass is 9.86.